The van der Waals surface area contributed by atoms with Crippen molar-refractivity contribution in [3.8, 4) is 0 Å². The van der Waals surface area contributed by atoms with Gasteiger partial charge in [0.2, 0.25) is 5.91 Å². The van der Waals surface area contributed by atoms with E-state index in [2.05, 4.69) is 15.6 Å². The van der Waals surface area contributed by atoms with Gasteiger partial charge in [-0.3, -0.25) is 14.7 Å². The van der Waals surface area contributed by atoms with Gasteiger partial charge in [-0.05, 0) is 20.8 Å². The van der Waals surface area contributed by atoms with Crippen LogP contribution in [0.15, 0.2) is 12.4 Å². The Morgan fingerprint density at radius 2 is 2.11 bits per heavy atom. The Kier molecular flexibility index (Phi) is 5.21. The molecule has 1 amide bonds. The molecule has 2 N–H and O–H groups in total. The van der Waals surface area contributed by atoms with Crippen molar-refractivity contribution < 1.29 is 13.6 Å². The van der Waals surface area contributed by atoms with Crippen LogP contribution in [0.4, 0.5) is 8.78 Å². The van der Waals surface area contributed by atoms with Gasteiger partial charge < -0.3 is 5.32 Å². The first-order chi connectivity index (χ1) is 8.41. The van der Waals surface area contributed by atoms with Gasteiger partial charge in [0.25, 0.3) is 0 Å². The minimum Gasteiger partial charge on any atom is -0.353 e. The average Bonchev–Trinajstić information content (AvgIpc) is 2.72. The highest BCUT2D eigenvalue weighted by Gasteiger charge is 2.15. The molecule has 0 aliphatic rings. The number of nitrogens with zero attached hydrogens (tertiary/aromatic N) is 2. The van der Waals surface area contributed by atoms with Gasteiger partial charge in [0.1, 0.15) is 5.82 Å². The number of rotatable bonds is 6. The Bertz CT molecular complexity index is 392. The smallest absolute Gasteiger partial charge is 0.319 e. The molecule has 0 aromatic carbocycles. The van der Waals surface area contributed by atoms with Crippen LogP contribution in [0.5, 0.6) is 0 Å². The second-order valence-corrected chi connectivity index (χ2v) is 4.29. The summed E-state index contributed by atoms with van der Waals surface area (Å²) in [5.74, 6) is 0.0364. The second kappa shape index (κ2) is 6.44. The van der Waals surface area contributed by atoms with Gasteiger partial charge in [-0.2, -0.15) is 8.78 Å². The highest BCUT2D eigenvalue weighted by atomic mass is 19.3. The quantitative estimate of drug-likeness (QED) is 0.810. The predicted octanol–water partition coefficient (Wildman–Crippen LogP) is 1.28. The molecule has 0 aliphatic heterocycles. The van der Waals surface area contributed by atoms with E-state index in [-0.39, 0.29) is 24.3 Å². The third-order valence-corrected chi connectivity index (χ3v) is 2.35. The number of aromatic nitrogens is 2. The lowest BCUT2D eigenvalue weighted by atomic mass is 10.3. The minimum atomic E-state index is -2.62. The highest BCUT2D eigenvalue weighted by molar-refractivity contribution is 5.81. The highest BCUT2D eigenvalue weighted by Crippen LogP contribution is 2.12. The Balaban J connectivity index is 2.49. The van der Waals surface area contributed by atoms with Crippen LogP contribution in [0.3, 0.4) is 0 Å². The fourth-order valence-corrected chi connectivity index (χ4v) is 1.41. The van der Waals surface area contributed by atoms with Crippen molar-refractivity contribution in [1.82, 2.24) is 20.2 Å². The molecule has 1 unspecified atom stereocenters. The Hall–Kier alpha value is -1.50. The number of alkyl halides is 2. The van der Waals surface area contributed by atoms with Gasteiger partial charge in [0, 0.05) is 18.4 Å². The SMILES string of the molecule is CC(C)NC(=O)C(C)NCc1nccn1C(F)F. The van der Waals surface area contributed by atoms with Crippen LogP contribution < -0.4 is 10.6 Å². The summed E-state index contributed by atoms with van der Waals surface area (Å²) in [6.45, 7) is 2.88. The van der Waals surface area contributed by atoms with E-state index in [0.717, 1.165) is 4.57 Å². The molecule has 1 aromatic rings. The van der Waals surface area contributed by atoms with Crippen LogP contribution in [0, 0.1) is 0 Å². The van der Waals surface area contributed by atoms with Crippen LogP contribution in [0.25, 0.3) is 0 Å². The number of carbonyl (C=O) groups excluding carboxylic acids is 1. The van der Waals surface area contributed by atoms with Gasteiger partial charge in [0.05, 0.1) is 12.6 Å². The number of amides is 1. The molecule has 1 rings (SSSR count). The van der Waals surface area contributed by atoms with Crippen molar-refractivity contribution in [3.05, 3.63) is 18.2 Å². The standard InChI is InChI=1S/C11H18F2N4O/c1-7(2)16-10(18)8(3)15-6-9-14-4-5-17(9)11(12)13/h4-5,7-8,11,15H,6H2,1-3H3,(H,16,18). The van der Waals surface area contributed by atoms with E-state index in [9.17, 15) is 13.6 Å². The lowest BCUT2D eigenvalue weighted by Crippen LogP contribution is -2.44. The molecule has 7 heteroatoms. The van der Waals surface area contributed by atoms with Crippen molar-refractivity contribution >= 4 is 5.91 Å². The van der Waals surface area contributed by atoms with Crippen LogP contribution in [-0.2, 0) is 11.3 Å². The zero-order valence-corrected chi connectivity index (χ0v) is 10.7. The Morgan fingerprint density at radius 1 is 1.44 bits per heavy atom. The molecule has 0 saturated carbocycles. The molecular formula is C11H18F2N4O. The fourth-order valence-electron chi connectivity index (χ4n) is 1.41. The summed E-state index contributed by atoms with van der Waals surface area (Å²) in [6, 6.07) is -0.417. The number of hydrogen-bond acceptors (Lipinski definition) is 3. The molecule has 5 nitrogen and oxygen atoms in total. The van der Waals surface area contributed by atoms with Crippen molar-refractivity contribution in [2.24, 2.45) is 0 Å². The molecule has 0 bridgehead atoms. The van der Waals surface area contributed by atoms with E-state index in [4.69, 9.17) is 0 Å². The van der Waals surface area contributed by atoms with Crippen LogP contribution in [0.1, 0.15) is 33.1 Å². The summed E-state index contributed by atoms with van der Waals surface area (Å²) in [5.41, 5.74) is 0. The zero-order chi connectivity index (χ0) is 13.7. The number of imidazole rings is 1. The molecule has 18 heavy (non-hydrogen) atoms. The summed E-state index contributed by atoms with van der Waals surface area (Å²) in [7, 11) is 0. The third-order valence-electron chi connectivity index (χ3n) is 2.35. The second-order valence-electron chi connectivity index (χ2n) is 4.29. The molecule has 102 valence electrons. The Morgan fingerprint density at radius 3 is 2.67 bits per heavy atom. The van der Waals surface area contributed by atoms with E-state index < -0.39 is 12.6 Å². The summed E-state index contributed by atoms with van der Waals surface area (Å²) in [5, 5.41) is 5.59. The number of halogens is 2. The number of carbonyl (C=O) groups is 1. The first-order valence-corrected chi connectivity index (χ1v) is 5.75. The van der Waals surface area contributed by atoms with Crippen LogP contribution in [0.2, 0.25) is 0 Å². The van der Waals surface area contributed by atoms with Gasteiger partial charge in [0.15, 0.2) is 0 Å². The van der Waals surface area contributed by atoms with Crippen molar-refractivity contribution in [2.45, 2.75) is 45.9 Å². The average molecular weight is 260 g/mol. The van der Waals surface area contributed by atoms with Gasteiger partial charge in [-0.25, -0.2) is 4.98 Å². The van der Waals surface area contributed by atoms with E-state index in [0.29, 0.717) is 0 Å². The minimum absolute atomic E-state index is 0.0461. The topological polar surface area (TPSA) is 59.0 Å². The molecule has 0 aliphatic carbocycles. The van der Waals surface area contributed by atoms with E-state index >= 15 is 0 Å². The van der Waals surface area contributed by atoms with E-state index in [1.54, 1.807) is 6.92 Å². The van der Waals surface area contributed by atoms with Gasteiger partial charge in [-0.15, -0.1) is 0 Å². The first-order valence-electron chi connectivity index (χ1n) is 5.75. The van der Waals surface area contributed by atoms with Crippen LogP contribution in [-0.4, -0.2) is 27.5 Å². The first kappa shape index (κ1) is 14.6. The van der Waals surface area contributed by atoms with Gasteiger partial charge >= 0.3 is 6.55 Å². The monoisotopic (exact) mass is 260 g/mol. The molecule has 0 saturated heterocycles. The molecule has 0 spiro atoms. The van der Waals surface area contributed by atoms with Crippen molar-refractivity contribution in [2.75, 3.05) is 0 Å². The van der Waals surface area contributed by atoms with Crippen molar-refractivity contribution in [1.29, 1.82) is 0 Å². The predicted molar refractivity (Wildman–Crippen MR) is 63.1 cm³/mol. The summed E-state index contributed by atoms with van der Waals surface area (Å²) in [6.07, 6.45) is 2.52. The summed E-state index contributed by atoms with van der Waals surface area (Å²) in [4.78, 5) is 15.4. The maximum Gasteiger partial charge on any atom is 0.319 e. The molecular weight excluding hydrogens is 242 g/mol. The number of hydrogen-bond donors (Lipinski definition) is 2. The molecule has 0 radical (unpaired) electrons. The fraction of sp³-hybridized carbons (Fsp3) is 0.636. The van der Waals surface area contributed by atoms with E-state index in [1.807, 2.05) is 13.8 Å². The lowest BCUT2D eigenvalue weighted by Gasteiger charge is -2.16. The van der Waals surface area contributed by atoms with Gasteiger partial charge in [-0.1, -0.05) is 0 Å². The zero-order valence-electron chi connectivity index (χ0n) is 10.7. The molecule has 0 fully saturated rings. The summed E-state index contributed by atoms with van der Waals surface area (Å²) < 4.78 is 25.8. The van der Waals surface area contributed by atoms with Crippen LogP contribution >= 0.6 is 0 Å². The third kappa shape index (κ3) is 4.06. The van der Waals surface area contributed by atoms with E-state index in [1.165, 1.54) is 12.4 Å². The molecule has 1 atom stereocenters. The normalized spacial score (nSPS) is 13.1. The number of nitrogens with one attached hydrogen (secondary N) is 2. The lowest BCUT2D eigenvalue weighted by molar-refractivity contribution is -0.123. The maximum absolute atomic E-state index is 12.5. The summed E-state index contributed by atoms with van der Waals surface area (Å²) >= 11 is 0. The molecule has 1 aromatic heterocycles. The van der Waals surface area contributed by atoms with Crippen molar-refractivity contribution in [3.63, 3.8) is 0 Å². The Labute approximate surface area is 105 Å². The largest absolute Gasteiger partial charge is 0.353 e. The molecule has 1 heterocycles. The maximum atomic E-state index is 12.5.